The van der Waals surface area contributed by atoms with Gasteiger partial charge in [0, 0.05) is 13.1 Å². The van der Waals surface area contributed by atoms with Gasteiger partial charge in [0.2, 0.25) is 0 Å². The van der Waals surface area contributed by atoms with Gasteiger partial charge in [0.1, 0.15) is 5.75 Å². The third kappa shape index (κ3) is 7.21. The van der Waals surface area contributed by atoms with Crippen LogP contribution in [0.5, 0.6) is 5.75 Å². The number of halogens is 3. The predicted molar refractivity (Wildman–Crippen MR) is 97.9 cm³/mol. The molecular weight excluding hydrogens is 357 g/mol. The molecule has 0 bridgehead atoms. The van der Waals surface area contributed by atoms with Crippen LogP contribution in [-0.2, 0) is 19.0 Å². The number of carbonyl (C=O) groups excluding carboxylic acids is 1. The summed E-state index contributed by atoms with van der Waals surface area (Å²) < 4.78 is 42.6. The average Bonchev–Trinajstić information content (AvgIpc) is 2.65. The van der Waals surface area contributed by atoms with Gasteiger partial charge in [-0.3, -0.25) is 0 Å². The van der Waals surface area contributed by atoms with Gasteiger partial charge in [-0.1, -0.05) is 24.3 Å². The second kappa shape index (κ2) is 9.85. The summed E-state index contributed by atoms with van der Waals surface area (Å²) in [6.07, 6.45) is -2.21. The van der Waals surface area contributed by atoms with Gasteiger partial charge >= 0.3 is 12.2 Å². The zero-order valence-electron chi connectivity index (χ0n) is 15.1. The Hall–Kier alpha value is -2.70. The Kier molecular flexibility index (Phi) is 7.52. The first kappa shape index (κ1) is 20.6. The molecule has 0 atom stereocenters. The highest BCUT2D eigenvalue weighted by molar-refractivity contribution is 5.73. The van der Waals surface area contributed by atoms with Gasteiger partial charge < -0.3 is 15.4 Å². The third-order valence-corrected chi connectivity index (χ3v) is 4.07. The number of aryl methyl sites for hydroxylation is 1. The van der Waals surface area contributed by atoms with Gasteiger partial charge in [-0.05, 0) is 54.7 Å². The standard InChI is InChI=1S/C20H23F3N2O2/c1-27-18-10-6-15(7-11-18)3-2-13-24-19(26)25-14-12-16-4-8-17(9-5-16)20(21,22)23/h4-11H,2-3,12-14H2,1H3,(H2,24,25,26). The number of alkyl halides is 3. The van der Waals surface area contributed by atoms with E-state index >= 15 is 0 Å². The summed E-state index contributed by atoms with van der Waals surface area (Å²) in [7, 11) is 1.62. The Morgan fingerprint density at radius 1 is 0.889 bits per heavy atom. The van der Waals surface area contributed by atoms with Crippen molar-refractivity contribution in [2.24, 2.45) is 0 Å². The molecule has 0 aliphatic rings. The van der Waals surface area contributed by atoms with E-state index < -0.39 is 11.7 Å². The molecule has 0 aromatic heterocycles. The van der Waals surface area contributed by atoms with Gasteiger partial charge in [0.25, 0.3) is 0 Å². The highest BCUT2D eigenvalue weighted by Gasteiger charge is 2.29. The van der Waals surface area contributed by atoms with Gasteiger partial charge in [-0.25, -0.2) is 4.79 Å². The van der Waals surface area contributed by atoms with Crippen molar-refractivity contribution in [3.8, 4) is 5.75 Å². The summed E-state index contributed by atoms with van der Waals surface area (Å²) in [4.78, 5) is 11.7. The van der Waals surface area contributed by atoms with E-state index in [4.69, 9.17) is 4.74 Å². The third-order valence-electron chi connectivity index (χ3n) is 4.07. The Balaban J connectivity index is 1.60. The van der Waals surface area contributed by atoms with Crippen molar-refractivity contribution in [1.29, 1.82) is 0 Å². The van der Waals surface area contributed by atoms with Crippen LogP contribution in [0, 0.1) is 0 Å². The zero-order chi connectivity index (χ0) is 19.7. The number of amides is 2. The molecule has 2 aromatic rings. The van der Waals surface area contributed by atoms with E-state index in [0.29, 0.717) is 19.5 Å². The molecule has 2 N–H and O–H groups in total. The van der Waals surface area contributed by atoms with E-state index in [2.05, 4.69) is 10.6 Å². The van der Waals surface area contributed by atoms with Crippen LogP contribution in [0.15, 0.2) is 48.5 Å². The highest BCUT2D eigenvalue weighted by atomic mass is 19.4. The summed E-state index contributed by atoms with van der Waals surface area (Å²) in [5, 5.41) is 5.47. The lowest BCUT2D eigenvalue weighted by Crippen LogP contribution is -2.37. The number of urea groups is 1. The molecule has 4 nitrogen and oxygen atoms in total. The number of benzene rings is 2. The minimum absolute atomic E-state index is 0.281. The van der Waals surface area contributed by atoms with E-state index in [9.17, 15) is 18.0 Å². The second-order valence-electron chi connectivity index (χ2n) is 6.08. The summed E-state index contributed by atoms with van der Waals surface area (Å²) in [5.41, 5.74) is 1.23. The van der Waals surface area contributed by atoms with Gasteiger partial charge in [-0.2, -0.15) is 13.2 Å². The van der Waals surface area contributed by atoms with Crippen LogP contribution >= 0.6 is 0 Å². The average molecular weight is 380 g/mol. The number of carbonyl (C=O) groups is 1. The van der Waals surface area contributed by atoms with Crippen molar-refractivity contribution in [2.45, 2.75) is 25.4 Å². The topological polar surface area (TPSA) is 50.4 Å². The zero-order valence-corrected chi connectivity index (χ0v) is 15.1. The molecule has 27 heavy (non-hydrogen) atoms. The minimum Gasteiger partial charge on any atom is -0.497 e. The van der Waals surface area contributed by atoms with Crippen molar-refractivity contribution in [3.63, 3.8) is 0 Å². The van der Waals surface area contributed by atoms with Crippen LogP contribution < -0.4 is 15.4 Å². The number of hydrogen-bond acceptors (Lipinski definition) is 2. The number of rotatable bonds is 8. The van der Waals surface area contributed by atoms with Crippen molar-refractivity contribution < 1.29 is 22.7 Å². The number of hydrogen-bond donors (Lipinski definition) is 2. The highest BCUT2D eigenvalue weighted by Crippen LogP contribution is 2.29. The van der Waals surface area contributed by atoms with Crippen LogP contribution in [0.1, 0.15) is 23.1 Å². The maximum atomic E-state index is 12.5. The molecule has 2 rings (SSSR count). The molecule has 0 radical (unpaired) electrons. The van der Waals surface area contributed by atoms with E-state index in [-0.39, 0.29) is 6.03 Å². The molecule has 7 heteroatoms. The normalized spacial score (nSPS) is 11.1. The fourth-order valence-corrected chi connectivity index (χ4v) is 2.53. The summed E-state index contributed by atoms with van der Waals surface area (Å²) in [5.74, 6) is 0.810. The lowest BCUT2D eigenvalue weighted by Gasteiger charge is -2.09. The largest absolute Gasteiger partial charge is 0.497 e. The fraction of sp³-hybridized carbons (Fsp3) is 0.350. The summed E-state index contributed by atoms with van der Waals surface area (Å²) >= 11 is 0. The molecule has 0 fully saturated rings. The van der Waals surface area contributed by atoms with Gasteiger partial charge in [-0.15, -0.1) is 0 Å². The van der Waals surface area contributed by atoms with Crippen molar-refractivity contribution in [2.75, 3.05) is 20.2 Å². The quantitative estimate of drug-likeness (QED) is 0.675. The SMILES string of the molecule is COc1ccc(CCCNC(=O)NCCc2ccc(C(F)(F)F)cc2)cc1. The van der Waals surface area contributed by atoms with Crippen LogP contribution in [-0.4, -0.2) is 26.2 Å². The molecule has 0 aliphatic heterocycles. The first-order chi connectivity index (χ1) is 12.9. The lowest BCUT2D eigenvalue weighted by atomic mass is 10.1. The maximum Gasteiger partial charge on any atom is 0.416 e. The van der Waals surface area contributed by atoms with Crippen molar-refractivity contribution in [3.05, 3.63) is 65.2 Å². The summed E-state index contributed by atoms with van der Waals surface area (Å²) in [6, 6.07) is 12.5. The molecule has 2 aromatic carbocycles. The van der Waals surface area contributed by atoms with Crippen molar-refractivity contribution in [1.82, 2.24) is 10.6 Å². The van der Waals surface area contributed by atoms with E-state index in [1.54, 1.807) is 7.11 Å². The van der Waals surface area contributed by atoms with E-state index in [1.165, 1.54) is 17.7 Å². The Morgan fingerprint density at radius 3 is 2.04 bits per heavy atom. The molecule has 2 amide bonds. The van der Waals surface area contributed by atoms with Crippen LogP contribution in [0.25, 0.3) is 0 Å². The second-order valence-corrected chi connectivity index (χ2v) is 6.08. The first-order valence-corrected chi connectivity index (χ1v) is 8.69. The Bertz CT molecular complexity index is 714. The Morgan fingerprint density at radius 2 is 1.44 bits per heavy atom. The maximum absolute atomic E-state index is 12.5. The molecule has 0 unspecified atom stereocenters. The number of ether oxygens (including phenoxy) is 1. The van der Waals surface area contributed by atoms with E-state index in [1.807, 2.05) is 24.3 Å². The Labute approximate surface area is 156 Å². The molecule has 0 saturated heterocycles. The smallest absolute Gasteiger partial charge is 0.416 e. The van der Waals surface area contributed by atoms with Gasteiger partial charge in [0.15, 0.2) is 0 Å². The van der Waals surface area contributed by atoms with Crippen LogP contribution in [0.4, 0.5) is 18.0 Å². The minimum atomic E-state index is -4.33. The summed E-state index contributed by atoms with van der Waals surface area (Å²) in [6.45, 7) is 0.897. The molecular formula is C20H23F3N2O2. The number of nitrogens with one attached hydrogen (secondary N) is 2. The first-order valence-electron chi connectivity index (χ1n) is 8.69. The fourth-order valence-electron chi connectivity index (χ4n) is 2.53. The van der Waals surface area contributed by atoms with Crippen molar-refractivity contribution >= 4 is 6.03 Å². The monoisotopic (exact) mass is 380 g/mol. The molecule has 0 saturated carbocycles. The molecule has 146 valence electrons. The van der Waals surface area contributed by atoms with Crippen LogP contribution in [0.2, 0.25) is 0 Å². The lowest BCUT2D eigenvalue weighted by molar-refractivity contribution is -0.137. The van der Waals surface area contributed by atoms with E-state index in [0.717, 1.165) is 36.3 Å². The molecule has 0 aliphatic carbocycles. The predicted octanol–water partition coefficient (Wildman–Crippen LogP) is 4.19. The van der Waals surface area contributed by atoms with Crippen LogP contribution in [0.3, 0.4) is 0 Å². The molecule has 0 spiro atoms. The number of methoxy groups -OCH3 is 1. The van der Waals surface area contributed by atoms with Gasteiger partial charge in [0.05, 0.1) is 12.7 Å². The molecule has 0 heterocycles.